The summed E-state index contributed by atoms with van der Waals surface area (Å²) >= 11 is 3.16. The summed E-state index contributed by atoms with van der Waals surface area (Å²) in [6.45, 7) is 3.33. The largest absolute Gasteiger partial charge is 1.00 e. The van der Waals surface area contributed by atoms with E-state index in [-0.39, 0.29) is 24.4 Å². The fourth-order valence-corrected chi connectivity index (χ4v) is 6.24. The predicted molar refractivity (Wildman–Crippen MR) is 129 cm³/mol. The zero-order valence-corrected chi connectivity index (χ0v) is 20.9. The number of benzene rings is 1. The normalized spacial score (nSPS) is 14.8. The number of fused-ring (bicyclic) bond motifs is 1. The number of anilines is 1. The highest BCUT2D eigenvalue weighted by atomic mass is 35.5. The van der Waals surface area contributed by atoms with Crippen molar-refractivity contribution in [2.45, 2.75) is 44.2 Å². The second-order valence-electron chi connectivity index (χ2n) is 7.57. The highest BCUT2D eigenvalue weighted by molar-refractivity contribution is 8.08. The van der Waals surface area contributed by atoms with E-state index in [1.165, 1.54) is 11.3 Å². The van der Waals surface area contributed by atoms with Crippen molar-refractivity contribution >= 4 is 45.9 Å². The number of aromatic nitrogens is 2. The minimum absolute atomic E-state index is 0. The van der Waals surface area contributed by atoms with E-state index in [0.29, 0.717) is 13.0 Å². The number of carboxylic acid groups (broad SMARTS) is 1. The summed E-state index contributed by atoms with van der Waals surface area (Å²) in [6.07, 6.45) is 5.67. The van der Waals surface area contributed by atoms with Crippen molar-refractivity contribution in [1.82, 2.24) is 4.57 Å². The molecule has 0 fully saturated rings. The van der Waals surface area contributed by atoms with Crippen molar-refractivity contribution in [2.75, 3.05) is 11.9 Å². The van der Waals surface area contributed by atoms with Crippen LogP contribution in [-0.2, 0) is 17.9 Å². The molecule has 3 aromatic rings. The summed E-state index contributed by atoms with van der Waals surface area (Å²) in [5.41, 5.74) is 2.16. The number of thioether (sulfide) groups is 1. The standard InChI is InChI=1S/C24H25N3O3S2.ClH/c1-3-27-20(16-17-10-6-8-14-26(17)15-9-7-13-21(28)29)32-22(23(27)30)24-25(2)18-11-4-5-12-19(18)31-24;/h4-6,8,10-12,14,16H,3,7,9,13,15H2,1-2H3;1H/b24-22+;. The van der Waals surface area contributed by atoms with Gasteiger partial charge in [-0.1, -0.05) is 23.9 Å². The molecule has 0 aliphatic carbocycles. The van der Waals surface area contributed by atoms with Crippen LogP contribution in [0.1, 0.15) is 31.9 Å². The number of hydrogen-bond donors (Lipinski definition) is 1. The van der Waals surface area contributed by atoms with Gasteiger partial charge in [-0.05, 0) is 31.5 Å². The van der Waals surface area contributed by atoms with E-state index in [2.05, 4.69) is 27.7 Å². The first-order chi connectivity index (χ1) is 15.5. The van der Waals surface area contributed by atoms with Crippen LogP contribution in [0.25, 0.3) is 11.1 Å². The summed E-state index contributed by atoms with van der Waals surface area (Å²) in [5.74, 6) is -0.762. The van der Waals surface area contributed by atoms with Crippen molar-refractivity contribution in [3.05, 3.63) is 73.9 Å². The van der Waals surface area contributed by atoms with Crippen LogP contribution in [-0.4, -0.2) is 22.7 Å². The second-order valence-corrected chi connectivity index (χ2v) is 9.63. The molecule has 0 bridgehead atoms. The number of halogens is 1. The molecule has 33 heavy (non-hydrogen) atoms. The first-order valence-electron chi connectivity index (χ1n) is 10.7. The highest BCUT2D eigenvalue weighted by Gasteiger charge is 2.24. The Hall–Kier alpha value is -2.55. The van der Waals surface area contributed by atoms with Gasteiger partial charge in [0, 0.05) is 49.5 Å². The average molecular weight is 504 g/mol. The van der Waals surface area contributed by atoms with Gasteiger partial charge in [0.25, 0.3) is 5.56 Å². The van der Waals surface area contributed by atoms with Gasteiger partial charge in [-0.3, -0.25) is 14.2 Å². The second kappa shape index (κ2) is 11.0. The van der Waals surface area contributed by atoms with Crippen molar-refractivity contribution in [1.29, 1.82) is 0 Å². The molecule has 0 radical (unpaired) electrons. The molecule has 1 aliphatic heterocycles. The molecular weight excluding hydrogens is 478 g/mol. The van der Waals surface area contributed by atoms with Crippen LogP contribution < -0.4 is 36.6 Å². The Labute approximate surface area is 206 Å². The molecule has 6 nitrogen and oxygen atoms in total. The number of nitrogens with zero attached hydrogens (tertiary/aromatic N) is 3. The van der Waals surface area contributed by atoms with E-state index in [9.17, 15) is 9.59 Å². The Balaban J connectivity index is 0.00000306. The monoisotopic (exact) mass is 503 g/mol. The van der Waals surface area contributed by atoms with E-state index < -0.39 is 5.97 Å². The SMILES string of the molecule is CCn1c(=O)/c(=C2\Sc3ccccc3N2C)s/c1=C\c1cccc[n+]1CCCCC(=O)O.[Cl-]. The lowest BCUT2D eigenvalue weighted by Gasteiger charge is -2.11. The molecule has 1 N–H and O–H groups in total. The molecule has 2 aromatic heterocycles. The van der Waals surface area contributed by atoms with Gasteiger partial charge < -0.3 is 22.4 Å². The topological polar surface area (TPSA) is 66.4 Å². The van der Waals surface area contributed by atoms with Gasteiger partial charge in [-0.25, -0.2) is 0 Å². The van der Waals surface area contributed by atoms with Crippen molar-refractivity contribution < 1.29 is 26.9 Å². The van der Waals surface area contributed by atoms with Gasteiger partial charge >= 0.3 is 5.97 Å². The number of hydrogen-bond acceptors (Lipinski definition) is 5. The van der Waals surface area contributed by atoms with Crippen LogP contribution in [0.15, 0.2) is 58.4 Å². The number of para-hydroxylation sites is 1. The maximum atomic E-state index is 13.3. The minimum Gasteiger partial charge on any atom is -1.00 e. The summed E-state index contributed by atoms with van der Waals surface area (Å²) < 4.78 is 5.61. The molecule has 9 heteroatoms. The van der Waals surface area contributed by atoms with Crippen molar-refractivity contribution in [3.8, 4) is 0 Å². The van der Waals surface area contributed by atoms with Crippen molar-refractivity contribution in [3.63, 3.8) is 0 Å². The van der Waals surface area contributed by atoms with E-state index in [1.807, 2.05) is 55.1 Å². The quantitative estimate of drug-likeness (QED) is 0.351. The Bertz CT molecular complexity index is 1330. The fraction of sp³-hybridized carbons (Fsp3) is 0.292. The van der Waals surface area contributed by atoms with E-state index in [4.69, 9.17) is 5.11 Å². The van der Waals surface area contributed by atoms with Gasteiger partial charge in [0.15, 0.2) is 6.20 Å². The van der Waals surface area contributed by atoms with Gasteiger partial charge in [0.1, 0.15) is 20.8 Å². The summed E-state index contributed by atoms with van der Waals surface area (Å²) in [7, 11) is 2.01. The number of carbonyl (C=O) groups is 1. The van der Waals surface area contributed by atoms with E-state index in [1.54, 1.807) is 11.8 Å². The third-order valence-corrected chi connectivity index (χ3v) is 7.93. The third-order valence-electron chi connectivity index (χ3n) is 5.45. The van der Waals surface area contributed by atoms with Crippen LogP contribution in [0.3, 0.4) is 0 Å². The highest BCUT2D eigenvalue weighted by Crippen LogP contribution is 2.44. The Morgan fingerprint density at radius 2 is 1.91 bits per heavy atom. The molecule has 0 atom stereocenters. The Morgan fingerprint density at radius 3 is 2.64 bits per heavy atom. The van der Waals surface area contributed by atoms with Crippen LogP contribution in [0.4, 0.5) is 5.69 Å². The first kappa shape index (κ1) is 25.1. The lowest BCUT2D eigenvalue weighted by Crippen LogP contribution is -3.00. The van der Waals surface area contributed by atoms with E-state index >= 15 is 0 Å². The number of unbranched alkanes of at least 4 members (excludes halogenated alkanes) is 1. The molecule has 0 unspecified atom stereocenters. The number of rotatable bonds is 7. The molecule has 1 aliphatic rings. The maximum absolute atomic E-state index is 13.3. The summed E-state index contributed by atoms with van der Waals surface area (Å²) in [6, 6.07) is 14.2. The summed E-state index contributed by atoms with van der Waals surface area (Å²) in [4.78, 5) is 27.3. The number of thiazole rings is 1. The Kier molecular flexibility index (Phi) is 8.40. The zero-order chi connectivity index (χ0) is 22.7. The molecule has 0 saturated carbocycles. The molecule has 4 rings (SSSR count). The zero-order valence-electron chi connectivity index (χ0n) is 18.5. The molecule has 174 valence electrons. The van der Waals surface area contributed by atoms with Crippen LogP contribution in [0.5, 0.6) is 0 Å². The van der Waals surface area contributed by atoms with Gasteiger partial charge in [0.05, 0.1) is 5.69 Å². The van der Waals surface area contributed by atoms with Crippen molar-refractivity contribution in [2.24, 2.45) is 0 Å². The lowest BCUT2D eigenvalue weighted by molar-refractivity contribution is -0.699. The van der Waals surface area contributed by atoms with Crippen LogP contribution in [0, 0.1) is 0 Å². The Morgan fingerprint density at radius 1 is 1.15 bits per heavy atom. The van der Waals surface area contributed by atoms with Crippen LogP contribution in [0.2, 0.25) is 0 Å². The molecule has 1 aromatic carbocycles. The van der Waals surface area contributed by atoms with Gasteiger partial charge in [-0.2, -0.15) is 4.57 Å². The van der Waals surface area contributed by atoms with Gasteiger partial charge in [-0.15, -0.1) is 11.3 Å². The molecule has 0 saturated heterocycles. The molecule has 3 heterocycles. The summed E-state index contributed by atoms with van der Waals surface area (Å²) in [5, 5.41) is 9.83. The number of pyridine rings is 1. The number of carboxylic acids is 1. The van der Waals surface area contributed by atoms with Crippen LogP contribution >= 0.6 is 23.1 Å². The first-order valence-corrected chi connectivity index (χ1v) is 12.3. The predicted octanol–water partition coefficient (Wildman–Crippen LogP) is -0.387. The number of aryl methyl sites for hydroxylation is 1. The molecular formula is C24H26ClN3O3S2. The molecule has 0 amide bonds. The number of aliphatic carboxylic acids is 1. The van der Waals surface area contributed by atoms with Gasteiger partial charge in [0.2, 0.25) is 5.69 Å². The third kappa shape index (κ3) is 5.34. The average Bonchev–Trinajstić information content (AvgIpc) is 3.28. The lowest BCUT2D eigenvalue weighted by atomic mass is 10.2. The smallest absolute Gasteiger partial charge is 0.303 e. The maximum Gasteiger partial charge on any atom is 0.303 e. The molecule has 0 spiro atoms. The fourth-order valence-electron chi connectivity index (χ4n) is 3.78. The van der Waals surface area contributed by atoms with E-state index in [0.717, 1.165) is 43.5 Å². The minimum atomic E-state index is -0.762.